The van der Waals surface area contributed by atoms with Crippen molar-refractivity contribution in [3.63, 3.8) is 0 Å². The number of rotatable bonds is 4. The second-order valence-electron chi connectivity index (χ2n) is 3.50. The Kier molecular flexibility index (Phi) is 3.09. The van der Waals surface area contributed by atoms with E-state index in [2.05, 4.69) is 37.6 Å². The average Bonchev–Trinajstić information content (AvgIpc) is 2.79. The van der Waals surface area contributed by atoms with Gasteiger partial charge in [0.05, 0.1) is 6.20 Å². The minimum Gasteiger partial charge on any atom is -0.370 e. The van der Waals surface area contributed by atoms with Crippen LogP contribution < -0.4 is 5.32 Å². The molecule has 2 rings (SSSR count). The van der Waals surface area contributed by atoms with E-state index in [-0.39, 0.29) is 0 Å². The van der Waals surface area contributed by atoms with Crippen molar-refractivity contribution in [3.05, 3.63) is 18.0 Å². The minimum absolute atomic E-state index is 0.590. The Bertz CT molecular complexity index is 450. The molecule has 2 aromatic heterocycles. The van der Waals surface area contributed by atoms with Crippen LogP contribution in [-0.4, -0.2) is 31.9 Å². The molecule has 84 valence electrons. The predicted octanol–water partition coefficient (Wildman–Crippen LogP) is 1.39. The van der Waals surface area contributed by atoms with E-state index in [0.717, 1.165) is 24.5 Å². The van der Waals surface area contributed by atoms with E-state index in [1.165, 1.54) is 0 Å². The van der Waals surface area contributed by atoms with E-state index >= 15 is 0 Å². The van der Waals surface area contributed by atoms with Crippen LogP contribution in [0.5, 0.6) is 0 Å². The lowest BCUT2D eigenvalue weighted by atomic mass is 10.3. The van der Waals surface area contributed by atoms with E-state index in [0.29, 0.717) is 11.5 Å². The molecule has 2 aromatic rings. The SMILES string of the molecule is CCCNc1cc(C)nc(-c2cn[nH]n2)n1. The predicted molar refractivity (Wildman–Crippen MR) is 60.9 cm³/mol. The molecule has 0 aliphatic rings. The Morgan fingerprint density at radius 3 is 2.94 bits per heavy atom. The molecule has 0 bridgehead atoms. The van der Waals surface area contributed by atoms with Crippen LogP contribution in [-0.2, 0) is 0 Å². The van der Waals surface area contributed by atoms with Crippen LogP contribution in [0.3, 0.4) is 0 Å². The summed E-state index contributed by atoms with van der Waals surface area (Å²) in [5.74, 6) is 1.42. The lowest BCUT2D eigenvalue weighted by Crippen LogP contribution is -2.04. The van der Waals surface area contributed by atoms with Crippen molar-refractivity contribution in [1.82, 2.24) is 25.4 Å². The fraction of sp³-hybridized carbons (Fsp3) is 0.400. The van der Waals surface area contributed by atoms with E-state index in [4.69, 9.17) is 0 Å². The third-order valence-corrected chi connectivity index (χ3v) is 2.05. The largest absolute Gasteiger partial charge is 0.370 e. The molecule has 0 aliphatic carbocycles. The number of hydrogen-bond donors (Lipinski definition) is 2. The van der Waals surface area contributed by atoms with Gasteiger partial charge in [0, 0.05) is 18.3 Å². The summed E-state index contributed by atoms with van der Waals surface area (Å²) in [6.07, 6.45) is 2.67. The summed E-state index contributed by atoms with van der Waals surface area (Å²) >= 11 is 0. The van der Waals surface area contributed by atoms with Crippen molar-refractivity contribution >= 4 is 5.82 Å². The summed E-state index contributed by atoms with van der Waals surface area (Å²) < 4.78 is 0. The first-order valence-corrected chi connectivity index (χ1v) is 5.25. The summed E-state index contributed by atoms with van der Waals surface area (Å²) in [5, 5.41) is 13.5. The van der Waals surface area contributed by atoms with Gasteiger partial charge in [-0.15, -0.1) is 0 Å². The van der Waals surface area contributed by atoms with Gasteiger partial charge in [-0.1, -0.05) is 6.92 Å². The Labute approximate surface area is 93.5 Å². The number of aryl methyl sites for hydroxylation is 1. The van der Waals surface area contributed by atoms with Gasteiger partial charge < -0.3 is 5.32 Å². The van der Waals surface area contributed by atoms with E-state index in [9.17, 15) is 0 Å². The van der Waals surface area contributed by atoms with Crippen LogP contribution in [0.25, 0.3) is 11.5 Å². The van der Waals surface area contributed by atoms with E-state index in [1.54, 1.807) is 6.20 Å². The number of anilines is 1. The molecule has 0 radical (unpaired) electrons. The Balaban J connectivity index is 2.29. The summed E-state index contributed by atoms with van der Waals surface area (Å²) in [6.45, 7) is 4.94. The van der Waals surface area contributed by atoms with Gasteiger partial charge >= 0.3 is 0 Å². The summed E-state index contributed by atoms with van der Waals surface area (Å²) in [7, 11) is 0. The molecule has 0 aromatic carbocycles. The van der Waals surface area contributed by atoms with Gasteiger partial charge in [-0.05, 0) is 13.3 Å². The molecule has 2 N–H and O–H groups in total. The zero-order valence-electron chi connectivity index (χ0n) is 9.36. The highest BCUT2D eigenvalue weighted by molar-refractivity contribution is 5.51. The Morgan fingerprint density at radius 2 is 2.25 bits per heavy atom. The molecule has 0 fully saturated rings. The maximum Gasteiger partial charge on any atom is 0.183 e. The van der Waals surface area contributed by atoms with Gasteiger partial charge in [0.15, 0.2) is 5.82 Å². The van der Waals surface area contributed by atoms with Gasteiger partial charge in [0.1, 0.15) is 11.5 Å². The number of aromatic amines is 1. The van der Waals surface area contributed by atoms with Gasteiger partial charge in [0.2, 0.25) is 0 Å². The van der Waals surface area contributed by atoms with Crippen LogP contribution in [0, 0.1) is 6.92 Å². The average molecular weight is 218 g/mol. The van der Waals surface area contributed by atoms with Crippen molar-refractivity contribution in [3.8, 4) is 11.5 Å². The molecule has 0 amide bonds. The van der Waals surface area contributed by atoms with Crippen LogP contribution in [0.4, 0.5) is 5.82 Å². The number of aromatic nitrogens is 5. The van der Waals surface area contributed by atoms with Crippen molar-refractivity contribution < 1.29 is 0 Å². The molecule has 6 nitrogen and oxygen atoms in total. The second kappa shape index (κ2) is 4.69. The highest BCUT2D eigenvalue weighted by Crippen LogP contribution is 2.14. The number of nitrogens with one attached hydrogen (secondary N) is 2. The first-order valence-electron chi connectivity index (χ1n) is 5.25. The molecular weight excluding hydrogens is 204 g/mol. The van der Waals surface area contributed by atoms with E-state index in [1.807, 2.05) is 13.0 Å². The molecule has 6 heteroatoms. The van der Waals surface area contributed by atoms with E-state index < -0.39 is 0 Å². The van der Waals surface area contributed by atoms with Crippen molar-refractivity contribution in [2.75, 3.05) is 11.9 Å². The number of nitrogens with zero attached hydrogens (tertiary/aromatic N) is 4. The number of hydrogen-bond acceptors (Lipinski definition) is 5. The van der Waals surface area contributed by atoms with Crippen molar-refractivity contribution in [1.29, 1.82) is 0 Å². The minimum atomic E-state index is 0.590. The summed E-state index contributed by atoms with van der Waals surface area (Å²) in [6, 6.07) is 1.92. The topological polar surface area (TPSA) is 79.4 Å². The lowest BCUT2D eigenvalue weighted by molar-refractivity contribution is 0.934. The van der Waals surface area contributed by atoms with Gasteiger partial charge in [-0.25, -0.2) is 9.97 Å². The van der Waals surface area contributed by atoms with Crippen LogP contribution in [0.1, 0.15) is 19.0 Å². The standard InChI is InChI=1S/C10H14N6/c1-3-4-11-9-5-7(2)13-10(14-9)8-6-12-16-15-8/h5-6H,3-4H2,1-2H3,(H,11,13,14)(H,12,15,16). The summed E-state index contributed by atoms with van der Waals surface area (Å²) in [4.78, 5) is 8.68. The third-order valence-electron chi connectivity index (χ3n) is 2.05. The zero-order valence-corrected chi connectivity index (χ0v) is 9.36. The summed E-state index contributed by atoms with van der Waals surface area (Å²) in [5.41, 5.74) is 1.56. The monoisotopic (exact) mass is 218 g/mol. The first kappa shape index (κ1) is 10.5. The quantitative estimate of drug-likeness (QED) is 0.810. The molecule has 0 spiro atoms. The molecule has 2 heterocycles. The smallest absolute Gasteiger partial charge is 0.183 e. The maximum absolute atomic E-state index is 4.37. The third kappa shape index (κ3) is 2.33. The van der Waals surface area contributed by atoms with Crippen LogP contribution in [0.2, 0.25) is 0 Å². The molecule has 16 heavy (non-hydrogen) atoms. The molecule has 0 atom stereocenters. The fourth-order valence-electron chi connectivity index (χ4n) is 1.34. The van der Waals surface area contributed by atoms with Crippen LogP contribution in [0.15, 0.2) is 12.3 Å². The fourth-order valence-corrected chi connectivity index (χ4v) is 1.34. The second-order valence-corrected chi connectivity index (χ2v) is 3.50. The zero-order chi connectivity index (χ0) is 11.4. The lowest BCUT2D eigenvalue weighted by Gasteiger charge is -2.05. The first-order chi connectivity index (χ1) is 7.79. The molecule has 0 saturated carbocycles. The highest BCUT2D eigenvalue weighted by Gasteiger charge is 2.06. The van der Waals surface area contributed by atoms with Crippen LogP contribution >= 0.6 is 0 Å². The molecule has 0 unspecified atom stereocenters. The van der Waals surface area contributed by atoms with Gasteiger partial charge in [0.25, 0.3) is 0 Å². The Morgan fingerprint density at radius 1 is 1.38 bits per heavy atom. The normalized spacial score (nSPS) is 10.4. The highest BCUT2D eigenvalue weighted by atomic mass is 15.3. The van der Waals surface area contributed by atoms with Crippen molar-refractivity contribution in [2.24, 2.45) is 0 Å². The van der Waals surface area contributed by atoms with Gasteiger partial charge in [-0.3, -0.25) is 0 Å². The van der Waals surface area contributed by atoms with Crippen molar-refractivity contribution in [2.45, 2.75) is 20.3 Å². The maximum atomic E-state index is 4.37. The number of H-pyrrole nitrogens is 1. The molecular formula is C10H14N6. The Hall–Kier alpha value is -1.98. The van der Waals surface area contributed by atoms with Gasteiger partial charge in [-0.2, -0.15) is 15.4 Å². The molecule has 0 aliphatic heterocycles. The molecule has 0 saturated heterocycles.